The molecule has 1 atom stereocenters. The fraction of sp³-hybridized carbons (Fsp3) is 0.647. The summed E-state index contributed by atoms with van der Waals surface area (Å²) in [7, 11) is 2.18. The van der Waals surface area contributed by atoms with E-state index in [-0.39, 0.29) is 5.91 Å². The van der Waals surface area contributed by atoms with E-state index < -0.39 is 0 Å². The van der Waals surface area contributed by atoms with Crippen molar-refractivity contribution in [2.45, 2.75) is 31.6 Å². The summed E-state index contributed by atoms with van der Waals surface area (Å²) in [6.07, 6.45) is 4.19. The molecule has 2 aliphatic rings. The van der Waals surface area contributed by atoms with E-state index in [2.05, 4.69) is 29.4 Å². The highest BCUT2D eigenvalue weighted by Crippen LogP contribution is 2.25. The van der Waals surface area contributed by atoms with Crippen molar-refractivity contribution in [3.8, 4) is 0 Å². The quantitative estimate of drug-likeness (QED) is 0.903. The first-order valence-electron chi connectivity index (χ1n) is 8.39. The van der Waals surface area contributed by atoms with Gasteiger partial charge in [0, 0.05) is 44.2 Å². The van der Waals surface area contributed by atoms with Gasteiger partial charge in [0.1, 0.15) is 5.82 Å². The van der Waals surface area contributed by atoms with Crippen molar-refractivity contribution in [3.63, 3.8) is 0 Å². The number of piperidine rings is 1. The zero-order valence-electron chi connectivity index (χ0n) is 13.4. The first-order chi connectivity index (χ1) is 10.7. The van der Waals surface area contributed by atoms with Crippen molar-refractivity contribution in [1.29, 1.82) is 0 Å². The molecule has 2 aliphatic heterocycles. The summed E-state index contributed by atoms with van der Waals surface area (Å²) >= 11 is 0. The van der Waals surface area contributed by atoms with Gasteiger partial charge in [0.15, 0.2) is 0 Å². The third kappa shape index (κ3) is 3.77. The average molecular weight is 302 g/mol. The summed E-state index contributed by atoms with van der Waals surface area (Å²) in [6.45, 7) is 4.74. The second-order valence-electron chi connectivity index (χ2n) is 6.46. The number of hydrogen-bond acceptors (Lipinski definition) is 4. The molecule has 1 amide bonds. The Bertz CT molecular complexity index is 519. The van der Waals surface area contributed by atoms with Crippen molar-refractivity contribution >= 4 is 11.7 Å². The SMILES string of the molecule is CN1CCCC(c2cccc(NCCN3CCCC3=O)n2)C1. The second kappa shape index (κ2) is 7.09. The Labute approximate surface area is 132 Å². The van der Waals surface area contributed by atoms with E-state index in [9.17, 15) is 4.79 Å². The smallest absolute Gasteiger partial charge is 0.222 e. The summed E-state index contributed by atoms with van der Waals surface area (Å²) in [5, 5.41) is 3.36. The predicted molar refractivity (Wildman–Crippen MR) is 88.0 cm³/mol. The van der Waals surface area contributed by atoms with Gasteiger partial charge in [-0.05, 0) is 45.0 Å². The van der Waals surface area contributed by atoms with Gasteiger partial charge in [0.25, 0.3) is 0 Å². The zero-order chi connectivity index (χ0) is 15.4. The number of hydrogen-bond donors (Lipinski definition) is 1. The highest BCUT2D eigenvalue weighted by atomic mass is 16.2. The van der Waals surface area contributed by atoms with Gasteiger partial charge in [-0.25, -0.2) is 4.98 Å². The number of anilines is 1. The molecule has 3 heterocycles. The summed E-state index contributed by atoms with van der Waals surface area (Å²) < 4.78 is 0. The number of pyridine rings is 1. The Morgan fingerprint density at radius 1 is 1.32 bits per heavy atom. The molecule has 1 aromatic heterocycles. The van der Waals surface area contributed by atoms with Crippen LogP contribution in [0.5, 0.6) is 0 Å². The summed E-state index contributed by atoms with van der Waals surface area (Å²) in [5.41, 5.74) is 1.19. The maximum atomic E-state index is 11.6. The molecule has 1 N–H and O–H groups in total. The van der Waals surface area contributed by atoms with Crippen LogP contribution in [0.4, 0.5) is 5.82 Å². The van der Waals surface area contributed by atoms with Gasteiger partial charge in [0.05, 0.1) is 0 Å². The number of carbonyl (C=O) groups excluding carboxylic acids is 1. The number of amides is 1. The number of nitrogens with zero attached hydrogens (tertiary/aromatic N) is 3. The molecule has 22 heavy (non-hydrogen) atoms. The first-order valence-corrected chi connectivity index (χ1v) is 8.39. The van der Waals surface area contributed by atoms with Gasteiger partial charge in [-0.15, -0.1) is 0 Å². The molecule has 2 saturated heterocycles. The third-order valence-corrected chi connectivity index (χ3v) is 4.67. The number of likely N-dealkylation sites (N-methyl/N-ethyl adjacent to an activating group) is 1. The van der Waals surface area contributed by atoms with Gasteiger partial charge < -0.3 is 15.1 Å². The predicted octanol–water partition coefficient (Wildman–Crippen LogP) is 1.93. The molecule has 5 nitrogen and oxygen atoms in total. The standard InChI is InChI=1S/C17H26N4O/c1-20-10-3-5-14(13-20)15-6-2-7-16(19-15)18-9-12-21-11-4-8-17(21)22/h2,6-7,14H,3-5,8-13H2,1H3,(H,18,19). The number of carbonyl (C=O) groups is 1. The summed E-state index contributed by atoms with van der Waals surface area (Å²) in [4.78, 5) is 20.7. The maximum absolute atomic E-state index is 11.6. The minimum atomic E-state index is 0.286. The molecule has 0 aromatic carbocycles. The molecule has 0 saturated carbocycles. The lowest BCUT2D eigenvalue weighted by Crippen LogP contribution is -2.31. The van der Waals surface area contributed by atoms with Crippen molar-refractivity contribution in [1.82, 2.24) is 14.8 Å². The molecule has 0 spiro atoms. The fourth-order valence-electron chi connectivity index (χ4n) is 3.44. The van der Waals surface area contributed by atoms with Crippen LogP contribution < -0.4 is 5.32 Å². The highest BCUT2D eigenvalue weighted by Gasteiger charge is 2.21. The van der Waals surface area contributed by atoms with E-state index >= 15 is 0 Å². The van der Waals surface area contributed by atoms with E-state index in [1.165, 1.54) is 25.1 Å². The number of aromatic nitrogens is 1. The van der Waals surface area contributed by atoms with Gasteiger partial charge in [-0.1, -0.05) is 6.07 Å². The fourth-order valence-corrected chi connectivity index (χ4v) is 3.44. The van der Waals surface area contributed by atoms with Crippen LogP contribution in [0.3, 0.4) is 0 Å². The number of rotatable bonds is 5. The van der Waals surface area contributed by atoms with Gasteiger partial charge in [-0.2, -0.15) is 0 Å². The summed E-state index contributed by atoms with van der Waals surface area (Å²) in [6, 6.07) is 6.24. The Morgan fingerprint density at radius 3 is 3.00 bits per heavy atom. The second-order valence-corrected chi connectivity index (χ2v) is 6.46. The van der Waals surface area contributed by atoms with Crippen LogP contribution in [0.2, 0.25) is 0 Å². The van der Waals surface area contributed by atoms with Crippen molar-refractivity contribution in [2.75, 3.05) is 45.1 Å². The lowest BCUT2D eigenvalue weighted by molar-refractivity contribution is -0.127. The van der Waals surface area contributed by atoms with Gasteiger partial charge >= 0.3 is 0 Å². The molecule has 3 rings (SSSR count). The maximum Gasteiger partial charge on any atom is 0.222 e. The van der Waals surface area contributed by atoms with Crippen molar-refractivity contribution in [3.05, 3.63) is 23.9 Å². The molecular formula is C17H26N4O. The lowest BCUT2D eigenvalue weighted by Gasteiger charge is -2.29. The van der Waals surface area contributed by atoms with E-state index in [0.717, 1.165) is 38.4 Å². The van der Waals surface area contributed by atoms with Crippen LogP contribution >= 0.6 is 0 Å². The Hall–Kier alpha value is -1.62. The zero-order valence-corrected chi connectivity index (χ0v) is 13.4. The van der Waals surface area contributed by atoms with Crippen LogP contribution in [0, 0.1) is 0 Å². The molecule has 2 fully saturated rings. The normalized spacial score (nSPS) is 23.0. The summed E-state index contributed by atoms with van der Waals surface area (Å²) in [5.74, 6) is 1.76. The van der Waals surface area contributed by atoms with Crippen LogP contribution in [-0.4, -0.2) is 60.5 Å². The molecule has 0 radical (unpaired) electrons. The Morgan fingerprint density at radius 2 is 2.23 bits per heavy atom. The van der Waals surface area contributed by atoms with Crippen molar-refractivity contribution in [2.24, 2.45) is 0 Å². The van der Waals surface area contributed by atoms with E-state index in [1.54, 1.807) is 0 Å². The minimum absolute atomic E-state index is 0.286. The van der Waals surface area contributed by atoms with E-state index in [0.29, 0.717) is 12.3 Å². The lowest BCUT2D eigenvalue weighted by atomic mass is 9.95. The highest BCUT2D eigenvalue weighted by molar-refractivity contribution is 5.78. The van der Waals surface area contributed by atoms with Gasteiger partial charge in [-0.3, -0.25) is 4.79 Å². The largest absolute Gasteiger partial charge is 0.368 e. The van der Waals surface area contributed by atoms with Crippen LogP contribution in [0.25, 0.3) is 0 Å². The average Bonchev–Trinajstić information content (AvgIpc) is 2.93. The van der Waals surface area contributed by atoms with Crippen LogP contribution in [0.15, 0.2) is 18.2 Å². The molecule has 1 aromatic rings. The topological polar surface area (TPSA) is 48.5 Å². The number of likely N-dealkylation sites (tertiary alicyclic amines) is 2. The Kier molecular flexibility index (Phi) is 4.93. The molecule has 0 aliphatic carbocycles. The molecule has 1 unspecified atom stereocenters. The molecule has 120 valence electrons. The number of nitrogens with one attached hydrogen (secondary N) is 1. The van der Waals surface area contributed by atoms with Crippen LogP contribution in [0.1, 0.15) is 37.3 Å². The van der Waals surface area contributed by atoms with Crippen molar-refractivity contribution < 1.29 is 4.79 Å². The van der Waals surface area contributed by atoms with E-state index in [1.807, 2.05) is 11.0 Å². The van der Waals surface area contributed by atoms with Gasteiger partial charge in [0.2, 0.25) is 5.91 Å². The molecule has 5 heteroatoms. The molecule has 0 bridgehead atoms. The first kappa shape index (κ1) is 15.3. The monoisotopic (exact) mass is 302 g/mol. The molecular weight excluding hydrogens is 276 g/mol. The minimum Gasteiger partial charge on any atom is -0.368 e. The Balaban J connectivity index is 1.53. The van der Waals surface area contributed by atoms with E-state index in [4.69, 9.17) is 4.98 Å². The third-order valence-electron chi connectivity index (χ3n) is 4.67. The van der Waals surface area contributed by atoms with Crippen LogP contribution in [-0.2, 0) is 4.79 Å².